The van der Waals surface area contributed by atoms with Crippen LogP contribution in [0.4, 0.5) is 0 Å². The lowest BCUT2D eigenvalue weighted by Crippen LogP contribution is -2.52. The highest BCUT2D eigenvalue weighted by Gasteiger charge is 2.41. The van der Waals surface area contributed by atoms with Crippen molar-refractivity contribution in [3.8, 4) is 0 Å². The van der Waals surface area contributed by atoms with Gasteiger partial charge in [-0.25, -0.2) is 0 Å². The maximum atomic E-state index is 3.59. The molecule has 1 heterocycles. The Balaban J connectivity index is 2.02. The Kier molecular flexibility index (Phi) is 3.60. The first-order valence-corrected chi connectivity index (χ1v) is 8.02. The Morgan fingerprint density at radius 2 is 1.73 bits per heavy atom. The SMILES string of the molecule is Cc1cc(C)cc(C2=CC(C)(C3(C)C=CC=CC3)NC=C2)c1. The van der Waals surface area contributed by atoms with Crippen molar-refractivity contribution in [2.75, 3.05) is 0 Å². The molecule has 0 saturated carbocycles. The highest BCUT2D eigenvalue weighted by Crippen LogP contribution is 2.42. The van der Waals surface area contributed by atoms with Crippen LogP contribution in [-0.2, 0) is 0 Å². The maximum absolute atomic E-state index is 3.59. The van der Waals surface area contributed by atoms with Gasteiger partial charge < -0.3 is 5.32 Å². The van der Waals surface area contributed by atoms with E-state index in [1.165, 1.54) is 22.3 Å². The molecule has 2 atom stereocenters. The molecule has 2 aliphatic rings. The molecule has 114 valence electrons. The van der Waals surface area contributed by atoms with Crippen LogP contribution in [-0.4, -0.2) is 5.54 Å². The average Bonchev–Trinajstić information content (AvgIpc) is 2.47. The van der Waals surface area contributed by atoms with E-state index in [0.29, 0.717) is 0 Å². The number of hydrogen-bond acceptors (Lipinski definition) is 1. The first-order chi connectivity index (χ1) is 10.4. The van der Waals surface area contributed by atoms with Gasteiger partial charge >= 0.3 is 0 Å². The van der Waals surface area contributed by atoms with E-state index in [2.05, 4.69) is 93.9 Å². The van der Waals surface area contributed by atoms with E-state index in [1.807, 2.05) is 0 Å². The van der Waals surface area contributed by atoms with Gasteiger partial charge in [0.05, 0.1) is 5.54 Å². The van der Waals surface area contributed by atoms with Crippen molar-refractivity contribution in [1.82, 2.24) is 5.32 Å². The summed E-state index contributed by atoms with van der Waals surface area (Å²) >= 11 is 0. The molecule has 1 aliphatic heterocycles. The van der Waals surface area contributed by atoms with Gasteiger partial charge in [0.2, 0.25) is 0 Å². The van der Waals surface area contributed by atoms with Crippen LogP contribution >= 0.6 is 0 Å². The van der Waals surface area contributed by atoms with Gasteiger partial charge in [-0.3, -0.25) is 0 Å². The molecule has 0 radical (unpaired) electrons. The molecule has 22 heavy (non-hydrogen) atoms. The van der Waals surface area contributed by atoms with Crippen LogP contribution in [0.3, 0.4) is 0 Å². The van der Waals surface area contributed by atoms with Gasteiger partial charge in [0, 0.05) is 5.41 Å². The summed E-state index contributed by atoms with van der Waals surface area (Å²) in [5.41, 5.74) is 5.23. The monoisotopic (exact) mass is 291 g/mol. The third kappa shape index (κ3) is 2.56. The summed E-state index contributed by atoms with van der Waals surface area (Å²) < 4.78 is 0. The molecular formula is C21H25N. The third-order valence-corrected chi connectivity index (χ3v) is 5.08. The van der Waals surface area contributed by atoms with Gasteiger partial charge in [-0.1, -0.05) is 66.6 Å². The molecule has 0 saturated heterocycles. The van der Waals surface area contributed by atoms with E-state index in [9.17, 15) is 0 Å². The molecule has 2 unspecified atom stereocenters. The van der Waals surface area contributed by atoms with E-state index in [-0.39, 0.29) is 11.0 Å². The summed E-state index contributed by atoms with van der Waals surface area (Å²) in [5, 5.41) is 3.59. The molecule has 3 rings (SSSR count). The second-order valence-electron chi connectivity index (χ2n) is 7.06. The van der Waals surface area contributed by atoms with Crippen molar-refractivity contribution in [2.24, 2.45) is 5.41 Å². The largest absolute Gasteiger partial charge is 0.381 e. The number of benzene rings is 1. The fourth-order valence-electron chi connectivity index (χ4n) is 3.47. The van der Waals surface area contributed by atoms with Gasteiger partial charge in [-0.05, 0) is 50.6 Å². The summed E-state index contributed by atoms with van der Waals surface area (Å²) in [7, 11) is 0. The highest BCUT2D eigenvalue weighted by molar-refractivity contribution is 5.77. The minimum Gasteiger partial charge on any atom is -0.381 e. The number of dihydropyridines is 1. The molecule has 0 spiro atoms. The zero-order chi connectivity index (χ0) is 15.8. The number of rotatable bonds is 2. The van der Waals surface area contributed by atoms with Crippen LogP contribution in [0.25, 0.3) is 5.57 Å². The number of nitrogens with one attached hydrogen (secondary N) is 1. The predicted octanol–water partition coefficient (Wildman–Crippen LogP) is 5.08. The average molecular weight is 291 g/mol. The molecule has 1 N–H and O–H groups in total. The van der Waals surface area contributed by atoms with Crippen molar-refractivity contribution in [2.45, 2.75) is 39.7 Å². The van der Waals surface area contributed by atoms with Crippen LogP contribution in [0.15, 0.2) is 60.9 Å². The van der Waals surface area contributed by atoms with Crippen molar-refractivity contribution < 1.29 is 0 Å². The number of allylic oxidation sites excluding steroid dienone is 5. The van der Waals surface area contributed by atoms with Crippen molar-refractivity contribution in [3.05, 3.63) is 77.5 Å². The summed E-state index contributed by atoms with van der Waals surface area (Å²) in [6.45, 7) is 8.95. The molecule has 1 aromatic rings. The summed E-state index contributed by atoms with van der Waals surface area (Å²) in [6.07, 6.45) is 16.6. The topological polar surface area (TPSA) is 12.0 Å². The molecule has 0 fully saturated rings. The van der Waals surface area contributed by atoms with Crippen molar-refractivity contribution in [3.63, 3.8) is 0 Å². The molecule has 0 bridgehead atoms. The van der Waals surface area contributed by atoms with Crippen LogP contribution < -0.4 is 5.32 Å². The van der Waals surface area contributed by atoms with Crippen molar-refractivity contribution in [1.29, 1.82) is 0 Å². The maximum Gasteiger partial charge on any atom is 0.0622 e. The quantitative estimate of drug-likeness (QED) is 0.800. The molecular weight excluding hydrogens is 266 g/mol. The lowest BCUT2D eigenvalue weighted by molar-refractivity contribution is 0.242. The van der Waals surface area contributed by atoms with E-state index in [1.54, 1.807) is 0 Å². The number of aryl methyl sites for hydroxylation is 2. The zero-order valence-electron chi connectivity index (χ0n) is 14.0. The van der Waals surface area contributed by atoms with Crippen LogP contribution in [0.1, 0.15) is 37.0 Å². The second-order valence-corrected chi connectivity index (χ2v) is 7.06. The summed E-state index contributed by atoms with van der Waals surface area (Å²) in [5.74, 6) is 0. The fourth-order valence-corrected chi connectivity index (χ4v) is 3.47. The van der Waals surface area contributed by atoms with E-state index in [4.69, 9.17) is 0 Å². The Morgan fingerprint density at radius 1 is 1.00 bits per heavy atom. The number of hydrogen-bond donors (Lipinski definition) is 1. The Bertz CT molecular complexity index is 684. The molecule has 0 aromatic heterocycles. The van der Waals surface area contributed by atoms with Gasteiger partial charge in [-0.15, -0.1) is 0 Å². The Labute approximate surface area is 134 Å². The normalized spacial score (nSPS) is 30.1. The third-order valence-electron chi connectivity index (χ3n) is 5.08. The molecule has 1 aliphatic carbocycles. The van der Waals surface area contributed by atoms with Gasteiger partial charge in [0.15, 0.2) is 0 Å². The van der Waals surface area contributed by atoms with Crippen LogP contribution in [0.5, 0.6) is 0 Å². The highest BCUT2D eigenvalue weighted by atomic mass is 15.0. The first-order valence-electron chi connectivity index (χ1n) is 8.02. The lowest BCUT2D eigenvalue weighted by atomic mass is 9.66. The van der Waals surface area contributed by atoms with E-state index in [0.717, 1.165) is 6.42 Å². The van der Waals surface area contributed by atoms with Gasteiger partial charge in [-0.2, -0.15) is 0 Å². The van der Waals surface area contributed by atoms with E-state index < -0.39 is 0 Å². The smallest absolute Gasteiger partial charge is 0.0622 e. The Hall–Kier alpha value is -2.02. The predicted molar refractivity (Wildman–Crippen MR) is 95.6 cm³/mol. The summed E-state index contributed by atoms with van der Waals surface area (Å²) in [4.78, 5) is 0. The minimum absolute atomic E-state index is 0.0800. The fraction of sp³-hybridized carbons (Fsp3) is 0.333. The molecule has 0 amide bonds. The van der Waals surface area contributed by atoms with Gasteiger partial charge in [0.25, 0.3) is 0 Å². The molecule has 1 nitrogen and oxygen atoms in total. The first kappa shape index (κ1) is 14.9. The van der Waals surface area contributed by atoms with Crippen LogP contribution in [0.2, 0.25) is 0 Å². The molecule has 1 heteroatoms. The van der Waals surface area contributed by atoms with Gasteiger partial charge in [0.1, 0.15) is 0 Å². The van der Waals surface area contributed by atoms with Crippen molar-refractivity contribution >= 4 is 5.57 Å². The lowest BCUT2D eigenvalue weighted by Gasteiger charge is -2.45. The van der Waals surface area contributed by atoms with Crippen LogP contribution in [0, 0.1) is 19.3 Å². The second kappa shape index (κ2) is 5.31. The standard InChI is InChI=1S/C21H25N/c1-16-12-17(2)14-19(13-16)18-8-11-22-21(4,15-18)20(3)9-6-5-7-10-20/h5-9,11-15,22H,10H2,1-4H3. The van der Waals surface area contributed by atoms with E-state index >= 15 is 0 Å². The summed E-state index contributed by atoms with van der Waals surface area (Å²) in [6, 6.07) is 6.77. The Morgan fingerprint density at radius 3 is 2.36 bits per heavy atom. The minimum atomic E-state index is -0.0873. The zero-order valence-corrected chi connectivity index (χ0v) is 14.0. The molecule has 1 aromatic carbocycles.